The van der Waals surface area contributed by atoms with Gasteiger partial charge in [0, 0.05) is 30.3 Å². The Bertz CT molecular complexity index is 1050. The first-order valence-corrected chi connectivity index (χ1v) is 10.4. The number of carbonyl (C=O) groups is 1. The van der Waals surface area contributed by atoms with Gasteiger partial charge in [-0.1, -0.05) is 36.4 Å². The number of hydrogen-bond donors (Lipinski definition) is 0. The van der Waals surface area contributed by atoms with E-state index in [4.69, 9.17) is 0 Å². The van der Waals surface area contributed by atoms with E-state index in [1.807, 2.05) is 13.0 Å². The molecular weight excluding hydrogens is 344 g/mol. The highest BCUT2D eigenvalue weighted by atomic mass is 16.1. The van der Waals surface area contributed by atoms with Gasteiger partial charge in [0.25, 0.3) is 0 Å². The summed E-state index contributed by atoms with van der Waals surface area (Å²) in [6.45, 7) is 4.73. The van der Waals surface area contributed by atoms with Crippen molar-refractivity contribution < 1.29 is 4.79 Å². The second kappa shape index (κ2) is 7.14. The zero-order valence-corrected chi connectivity index (χ0v) is 16.4. The van der Waals surface area contributed by atoms with E-state index in [-0.39, 0.29) is 5.92 Å². The van der Waals surface area contributed by atoms with E-state index >= 15 is 0 Å². The Labute approximate surface area is 166 Å². The van der Waals surface area contributed by atoms with E-state index in [9.17, 15) is 4.79 Å². The molecule has 0 saturated carbocycles. The number of aryl methyl sites for hydroxylation is 3. The Kier molecular flexibility index (Phi) is 4.48. The lowest BCUT2D eigenvalue weighted by Gasteiger charge is -2.32. The third-order valence-electron chi connectivity index (χ3n) is 6.35. The van der Waals surface area contributed by atoms with Crippen molar-refractivity contribution in [2.75, 3.05) is 13.1 Å². The van der Waals surface area contributed by atoms with E-state index in [1.165, 1.54) is 16.5 Å². The maximum Gasteiger partial charge on any atom is 0.167 e. The molecule has 0 N–H and O–H groups in total. The molecule has 28 heavy (non-hydrogen) atoms. The van der Waals surface area contributed by atoms with Gasteiger partial charge >= 0.3 is 0 Å². The van der Waals surface area contributed by atoms with E-state index in [0.717, 1.165) is 67.7 Å². The Morgan fingerprint density at radius 3 is 2.75 bits per heavy atom. The van der Waals surface area contributed by atoms with Crippen LogP contribution < -0.4 is 0 Å². The van der Waals surface area contributed by atoms with Crippen LogP contribution in [0.1, 0.15) is 45.7 Å². The van der Waals surface area contributed by atoms with Crippen molar-refractivity contribution in [1.82, 2.24) is 9.88 Å². The van der Waals surface area contributed by atoms with Gasteiger partial charge in [0.05, 0.1) is 5.69 Å². The van der Waals surface area contributed by atoms with Crippen molar-refractivity contribution in [3.8, 4) is 0 Å². The van der Waals surface area contributed by atoms with Crippen LogP contribution in [0.15, 0.2) is 48.5 Å². The molecule has 0 unspecified atom stereocenters. The van der Waals surface area contributed by atoms with Gasteiger partial charge in [0.15, 0.2) is 5.78 Å². The molecule has 1 aliphatic carbocycles. The molecule has 2 aliphatic rings. The van der Waals surface area contributed by atoms with Gasteiger partial charge in [0.2, 0.25) is 0 Å². The van der Waals surface area contributed by atoms with Gasteiger partial charge in [-0.3, -0.25) is 14.7 Å². The number of nitrogens with zero attached hydrogens (tertiary/aromatic N) is 2. The molecule has 1 fully saturated rings. The van der Waals surface area contributed by atoms with Crippen molar-refractivity contribution >= 4 is 16.6 Å². The Morgan fingerprint density at radius 2 is 1.89 bits per heavy atom. The first-order chi connectivity index (χ1) is 13.7. The molecule has 1 aliphatic heterocycles. The Balaban J connectivity index is 1.39. The fourth-order valence-electron chi connectivity index (χ4n) is 5.01. The molecule has 0 spiro atoms. The first kappa shape index (κ1) is 17.6. The topological polar surface area (TPSA) is 33.2 Å². The van der Waals surface area contributed by atoms with Crippen LogP contribution in [-0.4, -0.2) is 28.8 Å². The molecule has 0 amide bonds. The number of aromatic nitrogens is 1. The van der Waals surface area contributed by atoms with Crippen molar-refractivity contribution in [2.45, 2.75) is 39.2 Å². The predicted molar refractivity (Wildman–Crippen MR) is 113 cm³/mol. The summed E-state index contributed by atoms with van der Waals surface area (Å²) in [5, 5.41) is 2.50. The number of piperidine rings is 1. The van der Waals surface area contributed by atoms with Gasteiger partial charge in [-0.05, 0) is 73.2 Å². The number of likely N-dealkylation sites (tertiary alicyclic amines) is 1. The first-order valence-electron chi connectivity index (χ1n) is 10.4. The molecule has 3 nitrogen and oxygen atoms in total. The fourth-order valence-corrected chi connectivity index (χ4v) is 5.01. The van der Waals surface area contributed by atoms with Crippen LogP contribution in [0.25, 0.3) is 10.8 Å². The highest BCUT2D eigenvalue weighted by molar-refractivity contribution is 6.11. The van der Waals surface area contributed by atoms with Gasteiger partial charge in [0.1, 0.15) is 0 Å². The summed E-state index contributed by atoms with van der Waals surface area (Å²) in [5.74, 6) is 0.398. The lowest BCUT2D eigenvalue weighted by molar-refractivity contribution is 0.0812. The van der Waals surface area contributed by atoms with E-state index < -0.39 is 0 Å². The van der Waals surface area contributed by atoms with Crippen LogP contribution in [0, 0.1) is 12.8 Å². The second-order valence-electron chi connectivity index (χ2n) is 8.32. The number of Topliss-reactive ketones (excluding diaryl/α,β-unsaturated/α-hetero) is 1. The van der Waals surface area contributed by atoms with Gasteiger partial charge in [-0.2, -0.15) is 0 Å². The molecule has 0 radical (unpaired) electrons. The van der Waals surface area contributed by atoms with Gasteiger partial charge < -0.3 is 0 Å². The standard InChI is InChI=1S/C25H26N2O/c1-17-5-2-8-21(26-17)16-27-14-4-7-20(15-27)25(28)23-13-12-19-11-10-18-6-3-9-22(23)24(18)19/h2-3,5-6,8-9,12-13,20H,4,7,10-11,14-16H2,1H3/t20-/m1/s1. The second-order valence-corrected chi connectivity index (χ2v) is 8.32. The normalized spacial score (nSPS) is 19.2. The molecule has 2 aromatic carbocycles. The summed E-state index contributed by atoms with van der Waals surface area (Å²) in [5.41, 5.74) is 5.87. The zero-order chi connectivity index (χ0) is 19.1. The average Bonchev–Trinajstić information content (AvgIpc) is 3.13. The van der Waals surface area contributed by atoms with Gasteiger partial charge in [-0.15, -0.1) is 0 Å². The smallest absolute Gasteiger partial charge is 0.167 e. The summed E-state index contributed by atoms with van der Waals surface area (Å²) in [7, 11) is 0. The molecule has 1 atom stereocenters. The molecule has 2 heterocycles. The fraction of sp³-hybridized carbons (Fsp3) is 0.360. The SMILES string of the molecule is Cc1cccc(CN2CCC[C@@H](C(=O)c3ccc4c5c(cccc35)CC4)C2)n1. The summed E-state index contributed by atoms with van der Waals surface area (Å²) >= 11 is 0. The summed E-state index contributed by atoms with van der Waals surface area (Å²) in [6.07, 6.45) is 4.26. The lowest BCUT2D eigenvalue weighted by Crippen LogP contribution is -2.38. The van der Waals surface area contributed by atoms with Crippen molar-refractivity contribution in [2.24, 2.45) is 5.92 Å². The number of carbonyl (C=O) groups excluding carboxylic acids is 1. The molecule has 3 heteroatoms. The lowest BCUT2D eigenvalue weighted by atomic mass is 9.87. The quantitative estimate of drug-likeness (QED) is 0.622. The number of benzene rings is 2. The number of rotatable bonds is 4. The van der Waals surface area contributed by atoms with Crippen LogP contribution in [0.3, 0.4) is 0 Å². The van der Waals surface area contributed by atoms with E-state index in [0.29, 0.717) is 5.78 Å². The monoisotopic (exact) mass is 370 g/mol. The Morgan fingerprint density at radius 1 is 1.07 bits per heavy atom. The minimum atomic E-state index is 0.0806. The summed E-state index contributed by atoms with van der Waals surface area (Å²) < 4.78 is 0. The molecular formula is C25H26N2O. The van der Waals surface area contributed by atoms with Crippen LogP contribution in [-0.2, 0) is 19.4 Å². The van der Waals surface area contributed by atoms with Crippen LogP contribution in [0.5, 0.6) is 0 Å². The van der Waals surface area contributed by atoms with E-state index in [1.54, 1.807) is 0 Å². The molecule has 1 aromatic heterocycles. The molecule has 3 aromatic rings. The highest BCUT2D eigenvalue weighted by Gasteiger charge is 2.28. The number of pyridine rings is 1. The van der Waals surface area contributed by atoms with Crippen molar-refractivity contribution in [3.05, 3.63) is 76.6 Å². The number of ketones is 1. The third-order valence-corrected chi connectivity index (χ3v) is 6.35. The molecule has 0 bridgehead atoms. The van der Waals surface area contributed by atoms with Crippen molar-refractivity contribution in [3.63, 3.8) is 0 Å². The van der Waals surface area contributed by atoms with Crippen molar-refractivity contribution in [1.29, 1.82) is 0 Å². The third kappa shape index (κ3) is 3.14. The van der Waals surface area contributed by atoms with Gasteiger partial charge in [-0.25, -0.2) is 0 Å². The Hall–Kier alpha value is -2.52. The highest BCUT2D eigenvalue weighted by Crippen LogP contribution is 2.34. The van der Waals surface area contributed by atoms with Crippen LogP contribution >= 0.6 is 0 Å². The number of hydrogen-bond acceptors (Lipinski definition) is 3. The minimum absolute atomic E-state index is 0.0806. The van der Waals surface area contributed by atoms with E-state index in [2.05, 4.69) is 52.3 Å². The maximum atomic E-state index is 13.5. The predicted octanol–water partition coefficient (Wildman–Crippen LogP) is 4.74. The zero-order valence-electron chi connectivity index (χ0n) is 16.4. The molecule has 1 saturated heterocycles. The average molecular weight is 370 g/mol. The molecule has 142 valence electrons. The maximum absolute atomic E-state index is 13.5. The largest absolute Gasteiger partial charge is 0.297 e. The summed E-state index contributed by atoms with van der Waals surface area (Å²) in [4.78, 5) is 20.5. The van der Waals surface area contributed by atoms with Crippen LogP contribution in [0.4, 0.5) is 0 Å². The minimum Gasteiger partial charge on any atom is -0.297 e. The van der Waals surface area contributed by atoms with Crippen LogP contribution in [0.2, 0.25) is 0 Å². The molecule has 5 rings (SSSR count). The summed E-state index contributed by atoms with van der Waals surface area (Å²) in [6, 6.07) is 16.9.